The first-order valence-corrected chi connectivity index (χ1v) is 4.03. The van der Waals surface area contributed by atoms with Crippen LogP contribution in [0.2, 0.25) is 0 Å². The van der Waals surface area contributed by atoms with Crippen LogP contribution in [-0.2, 0) is 14.3 Å². The summed E-state index contributed by atoms with van der Waals surface area (Å²) in [6.07, 6.45) is 4.05. The number of hydrogen-bond donors (Lipinski definition) is 0. The van der Waals surface area contributed by atoms with Crippen LogP contribution in [0.15, 0.2) is 28.9 Å². The summed E-state index contributed by atoms with van der Waals surface area (Å²) in [7, 11) is 1.24. The van der Waals surface area contributed by atoms with Crippen molar-refractivity contribution in [3.63, 3.8) is 0 Å². The van der Waals surface area contributed by atoms with Gasteiger partial charge in [-0.15, -0.1) is 0 Å². The SMILES string of the molecule is COC(=O)CC(=O)C=Cc1ccco1. The van der Waals surface area contributed by atoms with Crippen molar-refractivity contribution in [3.05, 3.63) is 30.2 Å². The molecule has 1 aromatic rings. The summed E-state index contributed by atoms with van der Waals surface area (Å²) >= 11 is 0. The molecule has 1 aromatic heterocycles. The summed E-state index contributed by atoms with van der Waals surface area (Å²) in [6, 6.07) is 3.42. The number of furan rings is 1. The van der Waals surface area contributed by atoms with Gasteiger partial charge in [0.2, 0.25) is 0 Å². The van der Waals surface area contributed by atoms with E-state index in [1.54, 1.807) is 12.1 Å². The number of carbonyl (C=O) groups is 2. The minimum Gasteiger partial charge on any atom is -0.469 e. The minimum absolute atomic E-state index is 0.242. The lowest BCUT2D eigenvalue weighted by atomic mass is 10.2. The molecule has 0 aromatic carbocycles. The zero-order valence-electron chi connectivity index (χ0n) is 7.73. The predicted molar refractivity (Wildman–Crippen MR) is 49.4 cm³/mol. The summed E-state index contributed by atoms with van der Waals surface area (Å²) in [5.41, 5.74) is 0. The number of esters is 1. The van der Waals surface area contributed by atoms with E-state index in [1.165, 1.54) is 25.5 Å². The Morgan fingerprint density at radius 2 is 2.36 bits per heavy atom. The lowest BCUT2D eigenvalue weighted by Crippen LogP contribution is -2.06. The maximum atomic E-state index is 11.1. The molecule has 0 bridgehead atoms. The highest BCUT2D eigenvalue weighted by molar-refractivity contribution is 6.03. The van der Waals surface area contributed by atoms with Gasteiger partial charge in [-0.05, 0) is 24.3 Å². The molecular formula is C10H10O4. The average Bonchev–Trinajstić information content (AvgIpc) is 2.67. The van der Waals surface area contributed by atoms with Gasteiger partial charge in [-0.1, -0.05) is 0 Å². The second-order valence-corrected chi connectivity index (χ2v) is 2.57. The van der Waals surface area contributed by atoms with Crippen LogP contribution in [0.5, 0.6) is 0 Å². The molecule has 0 unspecified atom stereocenters. The van der Waals surface area contributed by atoms with E-state index >= 15 is 0 Å². The molecule has 0 atom stereocenters. The molecule has 1 rings (SSSR count). The predicted octanol–water partition coefficient (Wildman–Crippen LogP) is 1.43. The fourth-order valence-electron chi connectivity index (χ4n) is 0.835. The molecule has 74 valence electrons. The van der Waals surface area contributed by atoms with Crippen LogP contribution < -0.4 is 0 Å². The van der Waals surface area contributed by atoms with E-state index in [0.717, 1.165) is 0 Å². The van der Waals surface area contributed by atoms with Crippen molar-refractivity contribution in [3.8, 4) is 0 Å². The molecule has 4 nitrogen and oxygen atoms in total. The quantitative estimate of drug-likeness (QED) is 0.413. The smallest absolute Gasteiger partial charge is 0.313 e. The zero-order chi connectivity index (χ0) is 10.4. The first kappa shape index (κ1) is 10.2. The second kappa shape index (κ2) is 5.01. The van der Waals surface area contributed by atoms with Crippen LogP contribution >= 0.6 is 0 Å². The summed E-state index contributed by atoms with van der Waals surface area (Å²) in [6.45, 7) is 0. The van der Waals surface area contributed by atoms with Gasteiger partial charge in [0.05, 0.1) is 13.4 Å². The van der Waals surface area contributed by atoms with Gasteiger partial charge in [0.1, 0.15) is 12.2 Å². The van der Waals surface area contributed by atoms with Gasteiger partial charge in [0.25, 0.3) is 0 Å². The monoisotopic (exact) mass is 194 g/mol. The molecule has 1 heterocycles. The Morgan fingerprint density at radius 3 is 2.93 bits per heavy atom. The first-order valence-electron chi connectivity index (χ1n) is 4.03. The van der Waals surface area contributed by atoms with E-state index in [2.05, 4.69) is 4.74 Å². The van der Waals surface area contributed by atoms with Crippen LogP contribution in [0.1, 0.15) is 12.2 Å². The van der Waals surface area contributed by atoms with Gasteiger partial charge >= 0.3 is 5.97 Å². The molecule has 14 heavy (non-hydrogen) atoms. The lowest BCUT2D eigenvalue weighted by Gasteiger charge is -1.93. The third-order valence-corrected chi connectivity index (χ3v) is 1.52. The van der Waals surface area contributed by atoms with Crippen molar-refractivity contribution in [1.82, 2.24) is 0 Å². The molecule has 0 spiro atoms. The Kier molecular flexibility index (Phi) is 3.67. The van der Waals surface area contributed by atoms with Crippen molar-refractivity contribution < 1.29 is 18.7 Å². The van der Waals surface area contributed by atoms with Crippen molar-refractivity contribution in [2.45, 2.75) is 6.42 Å². The Balaban J connectivity index is 2.45. The number of rotatable bonds is 4. The molecule has 0 radical (unpaired) electrons. The molecule has 0 saturated carbocycles. The van der Waals surface area contributed by atoms with Crippen molar-refractivity contribution in [2.24, 2.45) is 0 Å². The second-order valence-electron chi connectivity index (χ2n) is 2.57. The van der Waals surface area contributed by atoms with Crippen LogP contribution in [0.4, 0.5) is 0 Å². The van der Waals surface area contributed by atoms with Crippen LogP contribution in [0.25, 0.3) is 6.08 Å². The van der Waals surface area contributed by atoms with E-state index in [0.29, 0.717) is 5.76 Å². The van der Waals surface area contributed by atoms with E-state index < -0.39 is 5.97 Å². The Labute approximate surface area is 81.2 Å². The molecule has 4 heteroatoms. The summed E-state index contributed by atoms with van der Waals surface area (Å²) < 4.78 is 9.30. The fourth-order valence-corrected chi connectivity index (χ4v) is 0.835. The van der Waals surface area contributed by atoms with E-state index in [4.69, 9.17) is 4.42 Å². The summed E-state index contributed by atoms with van der Waals surface area (Å²) in [4.78, 5) is 21.8. The van der Waals surface area contributed by atoms with Crippen molar-refractivity contribution in [1.29, 1.82) is 0 Å². The van der Waals surface area contributed by atoms with E-state index in [1.807, 2.05) is 0 Å². The highest BCUT2D eigenvalue weighted by Gasteiger charge is 2.05. The highest BCUT2D eigenvalue weighted by atomic mass is 16.5. The van der Waals surface area contributed by atoms with Gasteiger partial charge in [-0.2, -0.15) is 0 Å². The normalized spacial score (nSPS) is 10.4. The minimum atomic E-state index is -0.543. The highest BCUT2D eigenvalue weighted by Crippen LogP contribution is 2.02. The van der Waals surface area contributed by atoms with E-state index in [9.17, 15) is 9.59 Å². The molecule has 0 saturated heterocycles. The fraction of sp³-hybridized carbons (Fsp3) is 0.200. The van der Waals surface area contributed by atoms with Crippen LogP contribution in [-0.4, -0.2) is 18.9 Å². The third-order valence-electron chi connectivity index (χ3n) is 1.52. The topological polar surface area (TPSA) is 56.5 Å². The maximum absolute atomic E-state index is 11.1. The Hall–Kier alpha value is -1.84. The number of carbonyl (C=O) groups excluding carboxylic acids is 2. The molecule has 0 aliphatic heterocycles. The van der Waals surface area contributed by atoms with Gasteiger partial charge in [0, 0.05) is 0 Å². The maximum Gasteiger partial charge on any atom is 0.313 e. The molecular weight excluding hydrogens is 184 g/mol. The van der Waals surface area contributed by atoms with Crippen LogP contribution in [0.3, 0.4) is 0 Å². The summed E-state index contributed by atoms with van der Waals surface area (Å²) in [5.74, 6) is -0.282. The standard InChI is InChI=1S/C10H10O4/c1-13-10(12)7-8(11)4-5-9-3-2-6-14-9/h2-6H,7H2,1H3. The molecule has 0 fully saturated rings. The largest absolute Gasteiger partial charge is 0.469 e. The first-order chi connectivity index (χ1) is 6.72. The Morgan fingerprint density at radius 1 is 1.57 bits per heavy atom. The van der Waals surface area contributed by atoms with Gasteiger partial charge < -0.3 is 9.15 Å². The lowest BCUT2D eigenvalue weighted by molar-refractivity contribution is -0.142. The Bertz CT molecular complexity index is 335. The number of allylic oxidation sites excluding steroid dienone is 1. The van der Waals surface area contributed by atoms with Crippen LogP contribution in [0, 0.1) is 0 Å². The van der Waals surface area contributed by atoms with Gasteiger partial charge in [0.15, 0.2) is 5.78 Å². The number of methoxy groups -OCH3 is 1. The third kappa shape index (κ3) is 3.26. The number of ketones is 1. The van der Waals surface area contributed by atoms with Gasteiger partial charge in [-0.3, -0.25) is 9.59 Å². The van der Waals surface area contributed by atoms with E-state index in [-0.39, 0.29) is 12.2 Å². The van der Waals surface area contributed by atoms with Crippen molar-refractivity contribution in [2.75, 3.05) is 7.11 Å². The molecule has 0 aliphatic carbocycles. The molecule has 0 aliphatic rings. The summed E-state index contributed by atoms with van der Waals surface area (Å²) in [5, 5.41) is 0. The van der Waals surface area contributed by atoms with Gasteiger partial charge in [-0.25, -0.2) is 0 Å². The average molecular weight is 194 g/mol. The number of hydrogen-bond acceptors (Lipinski definition) is 4. The zero-order valence-corrected chi connectivity index (χ0v) is 7.73. The molecule has 0 N–H and O–H groups in total. The van der Waals surface area contributed by atoms with Crippen molar-refractivity contribution >= 4 is 17.8 Å². The number of ether oxygens (including phenoxy) is 1. The molecule has 0 amide bonds.